The first-order chi connectivity index (χ1) is 11.2. The van der Waals surface area contributed by atoms with Gasteiger partial charge >= 0.3 is 0 Å². The van der Waals surface area contributed by atoms with E-state index in [1.54, 1.807) is 16.8 Å². The van der Waals surface area contributed by atoms with E-state index in [1.807, 2.05) is 38.1 Å². The Labute approximate surface area is 135 Å². The molecule has 4 nitrogen and oxygen atoms in total. The van der Waals surface area contributed by atoms with Gasteiger partial charge in [-0.05, 0) is 44.2 Å². The molecule has 1 aromatic heterocycles. The van der Waals surface area contributed by atoms with Gasteiger partial charge < -0.3 is 9.05 Å². The smallest absolute Gasteiger partial charge is 0.225 e. The van der Waals surface area contributed by atoms with Crippen molar-refractivity contribution in [3.63, 3.8) is 0 Å². The summed E-state index contributed by atoms with van der Waals surface area (Å²) in [6.45, 7) is 4.98. The van der Waals surface area contributed by atoms with Crippen LogP contribution in [0.5, 0.6) is 0 Å². The second kappa shape index (κ2) is 7.18. The third kappa shape index (κ3) is 3.27. The van der Waals surface area contributed by atoms with Crippen LogP contribution >= 0.6 is 8.38 Å². The van der Waals surface area contributed by atoms with E-state index in [4.69, 9.17) is 9.05 Å². The molecule has 2 aromatic carbocycles. The fourth-order valence-electron chi connectivity index (χ4n) is 2.35. The zero-order valence-electron chi connectivity index (χ0n) is 13.1. The third-order valence-electron chi connectivity index (χ3n) is 3.29. The van der Waals surface area contributed by atoms with E-state index in [0.29, 0.717) is 13.2 Å². The molecule has 0 bridgehead atoms. The van der Waals surface area contributed by atoms with Gasteiger partial charge in [0.05, 0.1) is 24.4 Å². The highest BCUT2D eigenvalue weighted by molar-refractivity contribution is 7.56. The Morgan fingerprint density at radius 3 is 2.30 bits per heavy atom. The highest BCUT2D eigenvalue weighted by Crippen LogP contribution is 2.40. The summed E-state index contributed by atoms with van der Waals surface area (Å²) in [5.74, 6) is -0.274. The summed E-state index contributed by atoms with van der Waals surface area (Å²) in [7, 11) is -1.26. The molecule has 0 N–H and O–H groups in total. The Morgan fingerprint density at radius 1 is 1.00 bits per heavy atom. The van der Waals surface area contributed by atoms with E-state index in [2.05, 4.69) is 5.10 Å². The van der Waals surface area contributed by atoms with Gasteiger partial charge in [0.15, 0.2) is 0 Å². The van der Waals surface area contributed by atoms with Crippen molar-refractivity contribution in [1.29, 1.82) is 0 Å². The molecule has 0 amide bonds. The molecule has 0 atom stereocenters. The van der Waals surface area contributed by atoms with Crippen LogP contribution in [0.1, 0.15) is 13.8 Å². The lowest BCUT2D eigenvalue weighted by Gasteiger charge is -2.17. The Hall–Kier alpha value is -1.81. The minimum atomic E-state index is -1.26. The summed E-state index contributed by atoms with van der Waals surface area (Å²) in [5, 5.41) is 5.64. The van der Waals surface area contributed by atoms with Gasteiger partial charge in [-0.2, -0.15) is 5.10 Å². The van der Waals surface area contributed by atoms with E-state index < -0.39 is 8.38 Å². The number of halogens is 1. The zero-order chi connectivity index (χ0) is 16.2. The summed E-state index contributed by atoms with van der Waals surface area (Å²) in [6.07, 6.45) is 0. The average Bonchev–Trinajstić information content (AvgIpc) is 2.94. The summed E-state index contributed by atoms with van der Waals surface area (Å²) in [6, 6.07) is 14.1. The van der Waals surface area contributed by atoms with Crippen LogP contribution in [0.25, 0.3) is 16.6 Å². The van der Waals surface area contributed by atoms with E-state index >= 15 is 0 Å². The summed E-state index contributed by atoms with van der Waals surface area (Å²) < 4.78 is 26.7. The van der Waals surface area contributed by atoms with Gasteiger partial charge in [-0.3, -0.25) is 0 Å². The van der Waals surface area contributed by atoms with Crippen molar-refractivity contribution < 1.29 is 13.4 Å². The highest BCUT2D eigenvalue weighted by atomic mass is 31.2. The molecular weight excluding hydrogens is 314 g/mol. The zero-order valence-corrected chi connectivity index (χ0v) is 14.0. The SMILES string of the molecule is CCOP(OCC)c1c2ccccc2nn1-c1ccc(F)cc1. The second-order valence-corrected chi connectivity index (χ2v) is 6.28. The molecule has 3 aromatic rings. The monoisotopic (exact) mass is 332 g/mol. The maximum absolute atomic E-state index is 13.2. The van der Waals surface area contributed by atoms with Crippen molar-refractivity contribution >= 4 is 24.7 Å². The van der Waals surface area contributed by atoms with Gasteiger partial charge in [-0.1, -0.05) is 18.2 Å². The number of aromatic nitrogens is 2. The minimum absolute atomic E-state index is 0.274. The highest BCUT2D eigenvalue weighted by Gasteiger charge is 2.23. The lowest BCUT2D eigenvalue weighted by molar-refractivity contribution is 0.276. The Morgan fingerprint density at radius 2 is 1.65 bits per heavy atom. The number of fused-ring (bicyclic) bond motifs is 1. The minimum Gasteiger partial charge on any atom is -0.330 e. The number of benzene rings is 2. The van der Waals surface area contributed by atoms with Crippen LogP contribution in [0, 0.1) is 5.82 Å². The number of hydrogen-bond acceptors (Lipinski definition) is 3. The summed E-state index contributed by atoms with van der Waals surface area (Å²) in [4.78, 5) is 0. The molecule has 0 aliphatic heterocycles. The number of nitrogens with zero attached hydrogens (tertiary/aromatic N) is 2. The van der Waals surface area contributed by atoms with Crippen LogP contribution in [0.4, 0.5) is 4.39 Å². The average molecular weight is 332 g/mol. The van der Waals surface area contributed by atoms with Crippen LogP contribution in [0.3, 0.4) is 0 Å². The summed E-state index contributed by atoms with van der Waals surface area (Å²) >= 11 is 0. The third-order valence-corrected chi connectivity index (χ3v) is 5.05. The van der Waals surface area contributed by atoms with Gasteiger partial charge in [0.25, 0.3) is 0 Å². The lowest BCUT2D eigenvalue weighted by atomic mass is 10.2. The van der Waals surface area contributed by atoms with Crippen molar-refractivity contribution in [3.05, 3.63) is 54.3 Å². The number of rotatable bonds is 6. The largest absolute Gasteiger partial charge is 0.330 e. The van der Waals surface area contributed by atoms with Gasteiger partial charge in [0.2, 0.25) is 8.38 Å². The van der Waals surface area contributed by atoms with Crippen LogP contribution in [0.15, 0.2) is 48.5 Å². The van der Waals surface area contributed by atoms with Crippen molar-refractivity contribution in [1.82, 2.24) is 9.78 Å². The van der Waals surface area contributed by atoms with E-state index in [-0.39, 0.29) is 5.82 Å². The quantitative estimate of drug-likeness (QED) is 0.636. The normalized spacial score (nSPS) is 11.5. The van der Waals surface area contributed by atoms with Crippen LogP contribution < -0.4 is 5.44 Å². The first kappa shape index (κ1) is 16.1. The standard InChI is InChI=1S/C17H18FN2O2P/c1-3-21-23(22-4-2)17-15-7-5-6-8-16(15)19-20(17)14-11-9-13(18)10-12-14/h5-12H,3-4H2,1-2H3. The van der Waals surface area contributed by atoms with Crippen molar-refractivity contribution in [2.24, 2.45) is 0 Å². The van der Waals surface area contributed by atoms with Crippen molar-refractivity contribution in [3.8, 4) is 5.69 Å². The molecule has 0 saturated carbocycles. The first-order valence-corrected chi connectivity index (χ1v) is 8.72. The molecule has 0 aliphatic rings. The number of hydrogen-bond donors (Lipinski definition) is 0. The molecule has 0 saturated heterocycles. The molecule has 1 heterocycles. The molecule has 6 heteroatoms. The van der Waals surface area contributed by atoms with E-state index in [1.165, 1.54) is 12.1 Å². The van der Waals surface area contributed by atoms with Crippen molar-refractivity contribution in [2.75, 3.05) is 13.2 Å². The molecule has 0 spiro atoms. The molecule has 0 aliphatic carbocycles. The maximum atomic E-state index is 13.2. The van der Waals surface area contributed by atoms with Crippen LogP contribution in [-0.2, 0) is 9.05 Å². The maximum Gasteiger partial charge on any atom is 0.225 e. The molecule has 0 radical (unpaired) electrons. The summed E-state index contributed by atoms with van der Waals surface area (Å²) in [5.41, 5.74) is 2.52. The van der Waals surface area contributed by atoms with Crippen LogP contribution in [-0.4, -0.2) is 23.0 Å². The molecule has 23 heavy (non-hydrogen) atoms. The molecule has 3 rings (SSSR count). The molecule has 120 valence electrons. The Kier molecular flexibility index (Phi) is 5.01. The van der Waals surface area contributed by atoms with Gasteiger partial charge in [-0.15, -0.1) is 0 Å². The van der Waals surface area contributed by atoms with Crippen LogP contribution in [0.2, 0.25) is 0 Å². The fourth-order valence-corrected chi connectivity index (χ4v) is 3.84. The van der Waals surface area contributed by atoms with Gasteiger partial charge in [-0.25, -0.2) is 9.07 Å². The molecule has 0 fully saturated rings. The molecule has 0 unspecified atom stereocenters. The van der Waals surface area contributed by atoms with Crippen molar-refractivity contribution in [2.45, 2.75) is 13.8 Å². The first-order valence-electron chi connectivity index (χ1n) is 7.54. The topological polar surface area (TPSA) is 36.3 Å². The lowest BCUT2D eigenvalue weighted by Crippen LogP contribution is -2.18. The second-order valence-electron chi connectivity index (χ2n) is 4.82. The Balaban J connectivity index is 2.19. The predicted octanol–water partition coefficient (Wildman–Crippen LogP) is 4.17. The van der Waals surface area contributed by atoms with E-state index in [0.717, 1.165) is 22.0 Å². The van der Waals surface area contributed by atoms with Gasteiger partial charge in [0.1, 0.15) is 11.3 Å². The predicted molar refractivity (Wildman–Crippen MR) is 90.8 cm³/mol. The van der Waals surface area contributed by atoms with Gasteiger partial charge in [0, 0.05) is 5.39 Å². The molecular formula is C17H18FN2O2P. The fraction of sp³-hybridized carbons (Fsp3) is 0.235. The van der Waals surface area contributed by atoms with E-state index in [9.17, 15) is 4.39 Å². The Bertz CT molecular complexity index is 783.